The Morgan fingerprint density at radius 2 is 1.42 bits per heavy atom. The van der Waals surface area contributed by atoms with Crippen molar-refractivity contribution in [2.24, 2.45) is 5.73 Å². The Labute approximate surface area is 388 Å². The molecule has 15 nitrogen and oxygen atoms in total. The van der Waals surface area contributed by atoms with E-state index >= 15 is 0 Å². The van der Waals surface area contributed by atoms with Gasteiger partial charge in [0, 0.05) is 18.8 Å². The zero-order chi connectivity index (χ0) is 48.7. The third kappa shape index (κ3) is 14.3. The van der Waals surface area contributed by atoms with E-state index in [1.165, 1.54) is 16.8 Å². The highest BCUT2D eigenvalue weighted by atomic mass is 28.4. The van der Waals surface area contributed by atoms with Gasteiger partial charge in [-0.05, 0) is 106 Å². The van der Waals surface area contributed by atoms with E-state index in [0.717, 1.165) is 10.1 Å². The van der Waals surface area contributed by atoms with Crippen molar-refractivity contribution < 1.29 is 37.8 Å². The zero-order valence-corrected chi connectivity index (χ0v) is 43.2. The lowest BCUT2D eigenvalue weighted by molar-refractivity contribution is -0.166. The predicted octanol–water partition coefficient (Wildman–Crippen LogP) is 5.87. The first-order valence-corrected chi connectivity index (χ1v) is 28.6. The third-order valence-corrected chi connectivity index (χ3v) is 21.8. The summed E-state index contributed by atoms with van der Waals surface area (Å²) in [6.07, 6.45) is -3.01. The van der Waals surface area contributed by atoms with Crippen molar-refractivity contribution in [2.45, 2.75) is 173 Å². The molecule has 1 saturated heterocycles. The number of carbonyl (C=O) groups excluding carboxylic acids is 2. The lowest BCUT2D eigenvalue weighted by Crippen LogP contribution is -2.59. The van der Waals surface area contributed by atoms with Gasteiger partial charge in [0.05, 0.1) is 19.7 Å². The monoisotopic (exact) mass is 940 g/mol. The number of aromatic nitrogens is 2. The molecule has 2 heterocycles. The molecule has 1 fully saturated rings. The first-order valence-electron chi connectivity index (χ1n) is 22.7. The number of hydrogen-bond donors (Lipinski definition) is 4. The summed E-state index contributed by atoms with van der Waals surface area (Å²) in [6, 6.07) is 16.2. The van der Waals surface area contributed by atoms with Gasteiger partial charge >= 0.3 is 11.7 Å². The van der Waals surface area contributed by atoms with Crippen LogP contribution in [0, 0.1) is 0 Å². The molecule has 0 spiro atoms. The molecule has 0 bridgehead atoms. The fraction of sp³-hybridized carbons (Fsp3) is 0.625. The number of rotatable bonds is 20. The molecular weight excluding hydrogens is 863 g/mol. The van der Waals surface area contributed by atoms with Crippen molar-refractivity contribution in [3.05, 3.63) is 98.8 Å². The van der Waals surface area contributed by atoms with E-state index in [1.54, 1.807) is 52.1 Å². The summed E-state index contributed by atoms with van der Waals surface area (Å²) in [5.74, 6) is -0.365. The number of aliphatic hydroxyl groups is 1. The van der Waals surface area contributed by atoms with Crippen LogP contribution in [0.15, 0.2) is 76.4 Å². The highest BCUT2D eigenvalue weighted by Gasteiger charge is 2.57. The maximum atomic E-state index is 14.6. The van der Waals surface area contributed by atoms with Crippen molar-refractivity contribution in [3.63, 3.8) is 0 Å². The Morgan fingerprint density at radius 3 is 1.97 bits per heavy atom. The van der Waals surface area contributed by atoms with Gasteiger partial charge in [-0.2, -0.15) is 0 Å². The third-order valence-electron chi connectivity index (χ3n) is 12.8. The molecule has 4 rings (SSSR count). The number of aliphatic hydroxyl groups excluding tert-OH is 1. The van der Waals surface area contributed by atoms with E-state index in [-0.39, 0.29) is 35.6 Å². The molecule has 3 aromatic rings. The Hall–Kier alpha value is -3.95. The smallest absolute Gasteiger partial charge is 0.333 e. The molecule has 1 amide bonds. The average Bonchev–Trinajstić information content (AvgIpc) is 3.54. The molecule has 1 aliphatic rings. The van der Waals surface area contributed by atoms with Crippen LogP contribution in [0.2, 0.25) is 36.3 Å². The molecular formula is C48H77N5O10Si2. The van der Waals surface area contributed by atoms with Gasteiger partial charge in [0.2, 0.25) is 5.91 Å². The molecule has 1 aromatic heterocycles. The van der Waals surface area contributed by atoms with Crippen molar-refractivity contribution in [1.82, 2.24) is 19.8 Å². The minimum absolute atomic E-state index is 0.0242. The molecule has 65 heavy (non-hydrogen) atoms. The molecule has 1 aliphatic heterocycles. The largest absolute Gasteiger partial charge is 0.497 e. The molecule has 5 N–H and O–H groups in total. The van der Waals surface area contributed by atoms with Gasteiger partial charge < -0.3 is 44.5 Å². The summed E-state index contributed by atoms with van der Waals surface area (Å²) < 4.78 is 35.0. The average molecular weight is 940 g/mol. The van der Waals surface area contributed by atoms with E-state index in [4.69, 9.17) is 28.8 Å². The summed E-state index contributed by atoms with van der Waals surface area (Å²) >= 11 is 0. The number of ether oxygens (including phenoxy) is 3. The number of benzene rings is 2. The maximum absolute atomic E-state index is 14.6. The minimum atomic E-state index is -2.72. The van der Waals surface area contributed by atoms with Crippen molar-refractivity contribution in [3.8, 4) is 5.75 Å². The van der Waals surface area contributed by atoms with Gasteiger partial charge in [0.15, 0.2) is 22.9 Å². The van der Waals surface area contributed by atoms with Crippen LogP contribution in [0.25, 0.3) is 0 Å². The Morgan fingerprint density at radius 1 is 0.831 bits per heavy atom. The first-order chi connectivity index (χ1) is 30.1. The first kappa shape index (κ1) is 53.7. The van der Waals surface area contributed by atoms with Gasteiger partial charge in [-0.15, -0.1) is 0 Å². The van der Waals surface area contributed by atoms with Crippen LogP contribution < -0.4 is 32.4 Å². The molecule has 362 valence electrons. The number of nitrogens with one attached hydrogen (secondary N) is 2. The van der Waals surface area contributed by atoms with Gasteiger partial charge in [0.25, 0.3) is 5.56 Å². The quantitative estimate of drug-likeness (QED) is 0.0599. The number of hydrogen-bond acceptors (Lipinski definition) is 12. The summed E-state index contributed by atoms with van der Waals surface area (Å²) in [7, 11) is -3.87. The molecule has 0 saturated carbocycles. The second kappa shape index (κ2) is 21.8. The molecule has 0 unspecified atom stereocenters. The van der Waals surface area contributed by atoms with E-state index in [1.807, 2.05) is 30.3 Å². The summed E-state index contributed by atoms with van der Waals surface area (Å²) in [4.78, 5) is 55.0. The molecule has 17 heteroatoms. The Kier molecular flexibility index (Phi) is 18.0. The number of carbonyl (C=O) groups is 2. The molecule has 2 aromatic carbocycles. The molecule has 0 aliphatic carbocycles. The van der Waals surface area contributed by atoms with Crippen molar-refractivity contribution in [1.29, 1.82) is 0 Å². The van der Waals surface area contributed by atoms with E-state index < -0.39 is 82.2 Å². The molecule has 7 atom stereocenters. The van der Waals surface area contributed by atoms with Crippen LogP contribution in [0.1, 0.15) is 92.5 Å². The Bertz CT molecular complexity index is 2140. The number of aryl methyl sites for hydroxylation is 1. The van der Waals surface area contributed by atoms with Crippen LogP contribution >= 0.6 is 0 Å². The van der Waals surface area contributed by atoms with Gasteiger partial charge in [0.1, 0.15) is 41.8 Å². The van der Waals surface area contributed by atoms with Crippen molar-refractivity contribution in [2.75, 3.05) is 20.2 Å². The fourth-order valence-electron chi connectivity index (χ4n) is 6.93. The van der Waals surface area contributed by atoms with Crippen LogP contribution in [0.5, 0.6) is 5.75 Å². The number of methoxy groups -OCH3 is 1. The second-order valence-corrected chi connectivity index (χ2v) is 30.7. The SMILES string of the molecule is COc1ccc(Cn2c(=O)ccn([C@@H]3O[C@H]([C@H](O)[C@H](NCCCNC(=O)[C@@H](N)CCc4ccccc4)C(=O)OC(C)(C)C)[C@@H](O[Si](C)(C)C(C)(C)C)[C@H]3O[Si](C)(C)C(C)(C)C)c2=O)cc1. The molecule has 0 radical (unpaired) electrons. The van der Waals surface area contributed by atoms with Crippen LogP contribution in [0.4, 0.5) is 0 Å². The zero-order valence-electron chi connectivity index (χ0n) is 41.2. The maximum Gasteiger partial charge on any atom is 0.333 e. The number of nitrogens with two attached hydrogens (primary N) is 1. The highest BCUT2D eigenvalue weighted by molar-refractivity contribution is 6.74. The summed E-state index contributed by atoms with van der Waals surface area (Å²) in [6.45, 7) is 26.6. The minimum Gasteiger partial charge on any atom is -0.497 e. The van der Waals surface area contributed by atoms with Crippen LogP contribution in [-0.4, -0.2) is 105 Å². The summed E-state index contributed by atoms with van der Waals surface area (Å²) in [5, 5.41) is 18.1. The van der Waals surface area contributed by atoms with E-state index in [9.17, 15) is 24.3 Å². The number of amides is 1. The number of esters is 1. The van der Waals surface area contributed by atoms with Crippen LogP contribution in [-0.2, 0) is 40.9 Å². The van der Waals surface area contributed by atoms with E-state index in [0.29, 0.717) is 30.6 Å². The Balaban J connectivity index is 1.73. The predicted molar refractivity (Wildman–Crippen MR) is 259 cm³/mol. The highest BCUT2D eigenvalue weighted by Crippen LogP contribution is 2.46. The topological polar surface area (TPSA) is 195 Å². The summed E-state index contributed by atoms with van der Waals surface area (Å²) in [5.41, 5.74) is 5.96. The standard InChI is InChI=1S/C48H77N5O10Si2/c1-46(2,3)61-44(57)37(50-28-18-29-51-42(56)35(49)26-23-32-19-16-15-17-20-32)38(55)39-40(62-64(11,12)47(4,5)6)41(63-65(13,14)48(7,8)9)43(60-39)52-30-27-36(54)53(45(52)58)31-33-21-24-34(59-10)25-22-33/h15-17,19-22,24-25,27,30,35,37-41,43,50,55H,18,23,26,28-29,31,49H2,1-14H3,(H,51,56)/t35-,37-,38+,39+,40+,41+,43+/m0/s1. The van der Waals surface area contributed by atoms with Gasteiger partial charge in [-0.1, -0.05) is 84.0 Å². The normalized spacial score (nSPS) is 19.9. The number of nitrogens with zero attached hydrogens (tertiary/aromatic N) is 2. The lowest BCUT2D eigenvalue weighted by Gasteiger charge is -2.44. The van der Waals surface area contributed by atoms with E-state index in [2.05, 4.69) is 78.4 Å². The fourth-order valence-corrected chi connectivity index (χ4v) is 9.51. The second-order valence-electron chi connectivity index (χ2n) is 21.2. The van der Waals surface area contributed by atoms with Crippen molar-refractivity contribution >= 4 is 28.5 Å². The lowest BCUT2D eigenvalue weighted by atomic mass is 9.99. The van der Waals surface area contributed by atoms with Crippen LogP contribution in [0.3, 0.4) is 0 Å². The van der Waals surface area contributed by atoms with Gasteiger partial charge in [-0.3, -0.25) is 23.5 Å². The van der Waals surface area contributed by atoms with Gasteiger partial charge in [-0.25, -0.2) is 4.79 Å².